The lowest BCUT2D eigenvalue weighted by molar-refractivity contribution is 0.111. The van der Waals surface area contributed by atoms with Crippen LogP contribution in [0, 0.1) is 0 Å². The van der Waals surface area contributed by atoms with Gasteiger partial charge in [0, 0.05) is 24.4 Å². The fourth-order valence-corrected chi connectivity index (χ4v) is 4.19. The van der Waals surface area contributed by atoms with Gasteiger partial charge in [0.15, 0.2) is 0 Å². The first kappa shape index (κ1) is 13.2. The van der Waals surface area contributed by atoms with Gasteiger partial charge >= 0.3 is 0 Å². The average Bonchev–Trinajstić information content (AvgIpc) is 3.28. The smallest absolute Gasteiger partial charge is 0.150 e. The summed E-state index contributed by atoms with van der Waals surface area (Å²) in [5.74, 6) is 1.01. The highest BCUT2D eigenvalue weighted by atomic mass is 32.1. The molecule has 0 amide bonds. The molecule has 4 nitrogen and oxygen atoms in total. The van der Waals surface area contributed by atoms with E-state index in [0.29, 0.717) is 0 Å². The average molecular weight is 317 g/mol. The minimum atomic E-state index is 0.211. The van der Waals surface area contributed by atoms with Crippen molar-refractivity contribution in [2.75, 3.05) is 6.61 Å². The highest BCUT2D eigenvalue weighted by Crippen LogP contribution is 2.31. The van der Waals surface area contributed by atoms with Crippen molar-refractivity contribution in [1.29, 1.82) is 0 Å². The molecule has 6 heteroatoms. The minimum absolute atomic E-state index is 0.211. The predicted molar refractivity (Wildman–Crippen MR) is 84.7 cm³/mol. The van der Waals surface area contributed by atoms with Crippen molar-refractivity contribution in [2.24, 2.45) is 0 Å². The summed E-state index contributed by atoms with van der Waals surface area (Å²) in [5.41, 5.74) is 1.08. The summed E-state index contributed by atoms with van der Waals surface area (Å²) in [4.78, 5) is 10.4. The van der Waals surface area contributed by atoms with Crippen molar-refractivity contribution in [3.05, 3.63) is 46.0 Å². The Morgan fingerprint density at radius 3 is 3.19 bits per heavy atom. The van der Waals surface area contributed by atoms with Gasteiger partial charge < -0.3 is 9.30 Å². The predicted octanol–water partition coefficient (Wildman–Crippen LogP) is 3.97. The molecular weight excluding hydrogens is 302 g/mol. The third-order valence-corrected chi connectivity index (χ3v) is 5.42. The summed E-state index contributed by atoms with van der Waals surface area (Å²) in [7, 11) is 0. The second kappa shape index (κ2) is 5.71. The molecule has 1 aliphatic heterocycles. The maximum absolute atomic E-state index is 5.70. The van der Waals surface area contributed by atoms with Gasteiger partial charge in [0.05, 0.1) is 17.1 Å². The molecule has 4 heterocycles. The molecule has 3 aromatic heterocycles. The number of thiophene rings is 1. The Hall–Kier alpha value is -1.50. The first-order valence-electron chi connectivity index (χ1n) is 7.01. The Labute approximate surface area is 131 Å². The van der Waals surface area contributed by atoms with Crippen LogP contribution in [0.15, 0.2) is 35.3 Å². The molecule has 0 N–H and O–H groups in total. The van der Waals surface area contributed by atoms with Gasteiger partial charge in [0.1, 0.15) is 16.9 Å². The lowest BCUT2D eigenvalue weighted by Crippen LogP contribution is -2.02. The minimum Gasteiger partial charge on any atom is -0.371 e. The van der Waals surface area contributed by atoms with E-state index in [1.165, 1.54) is 4.88 Å². The number of aromatic nitrogens is 3. The topological polar surface area (TPSA) is 39.9 Å². The molecule has 1 aliphatic rings. The quantitative estimate of drug-likeness (QED) is 0.731. The molecule has 0 spiro atoms. The standard InChI is InChI=1S/C15H15N3OS2/c1-3-12(19-7-1)15-17-11(10-21-15)9-18-6-5-16-14(18)13-4-2-8-20-13/h2,4-6,8,10,12H,1,3,7,9H2/t12-/m1/s1. The Morgan fingerprint density at radius 2 is 2.38 bits per heavy atom. The fourth-order valence-electron chi connectivity index (χ4n) is 2.56. The van der Waals surface area contributed by atoms with Gasteiger partial charge in [0.25, 0.3) is 0 Å². The fraction of sp³-hybridized carbons (Fsp3) is 0.333. The molecule has 108 valence electrons. The Morgan fingerprint density at radius 1 is 1.38 bits per heavy atom. The van der Waals surface area contributed by atoms with Crippen LogP contribution in [0.25, 0.3) is 10.7 Å². The van der Waals surface area contributed by atoms with E-state index in [2.05, 4.69) is 32.4 Å². The van der Waals surface area contributed by atoms with Crippen LogP contribution in [-0.2, 0) is 11.3 Å². The lowest BCUT2D eigenvalue weighted by Gasteiger charge is -2.05. The van der Waals surface area contributed by atoms with Crippen molar-refractivity contribution in [1.82, 2.24) is 14.5 Å². The maximum atomic E-state index is 5.70. The molecule has 3 aromatic rings. The van der Waals surface area contributed by atoms with E-state index in [1.54, 1.807) is 22.7 Å². The molecule has 0 aliphatic carbocycles. The number of thiazole rings is 1. The zero-order chi connectivity index (χ0) is 14.1. The second-order valence-electron chi connectivity index (χ2n) is 5.03. The number of hydrogen-bond acceptors (Lipinski definition) is 5. The van der Waals surface area contributed by atoms with Crippen LogP contribution in [0.4, 0.5) is 0 Å². The third kappa shape index (κ3) is 2.66. The van der Waals surface area contributed by atoms with Gasteiger partial charge in [-0.3, -0.25) is 0 Å². The summed E-state index contributed by atoms with van der Waals surface area (Å²) in [6.07, 6.45) is 6.31. The van der Waals surface area contributed by atoms with Gasteiger partial charge in [0.2, 0.25) is 0 Å². The van der Waals surface area contributed by atoms with E-state index in [4.69, 9.17) is 9.72 Å². The largest absolute Gasteiger partial charge is 0.371 e. The van der Waals surface area contributed by atoms with Gasteiger partial charge in [-0.15, -0.1) is 22.7 Å². The van der Waals surface area contributed by atoms with Crippen molar-refractivity contribution < 1.29 is 4.74 Å². The monoisotopic (exact) mass is 317 g/mol. The van der Waals surface area contributed by atoms with Crippen LogP contribution in [-0.4, -0.2) is 21.1 Å². The maximum Gasteiger partial charge on any atom is 0.150 e. The second-order valence-corrected chi connectivity index (χ2v) is 6.87. The molecule has 0 unspecified atom stereocenters. The van der Waals surface area contributed by atoms with Gasteiger partial charge in [-0.1, -0.05) is 6.07 Å². The van der Waals surface area contributed by atoms with Crippen LogP contribution in [0.5, 0.6) is 0 Å². The number of ether oxygens (including phenoxy) is 1. The Bertz CT molecular complexity index is 711. The number of hydrogen-bond donors (Lipinski definition) is 0. The number of rotatable bonds is 4. The molecule has 0 saturated carbocycles. The Balaban J connectivity index is 1.55. The molecule has 1 saturated heterocycles. The first-order chi connectivity index (χ1) is 10.4. The van der Waals surface area contributed by atoms with Gasteiger partial charge in [-0.2, -0.15) is 0 Å². The van der Waals surface area contributed by atoms with Crippen molar-refractivity contribution in [2.45, 2.75) is 25.5 Å². The van der Waals surface area contributed by atoms with E-state index < -0.39 is 0 Å². The third-order valence-electron chi connectivity index (χ3n) is 3.56. The van der Waals surface area contributed by atoms with Crippen LogP contribution in [0.2, 0.25) is 0 Å². The van der Waals surface area contributed by atoms with E-state index >= 15 is 0 Å². The van der Waals surface area contributed by atoms with Crippen LogP contribution in [0.3, 0.4) is 0 Å². The van der Waals surface area contributed by atoms with E-state index in [-0.39, 0.29) is 6.10 Å². The molecule has 1 atom stereocenters. The zero-order valence-electron chi connectivity index (χ0n) is 11.4. The molecule has 1 fully saturated rings. The highest BCUT2D eigenvalue weighted by molar-refractivity contribution is 7.13. The molecule has 0 radical (unpaired) electrons. The van der Waals surface area contributed by atoms with Crippen molar-refractivity contribution in [3.63, 3.8) is 0 Å². The highest BCUT2D eigenvalue weighted by Gasteiger charge is 2.21. The molecule has 0 bridgehead atoms. The molecule has 4 rings (SSSR count). The SMILES string of the molecule is c1csc(-c2nccn2Cc2csc([C@H]3CCCO3)n2)c1. The van der Waals surface area contributed by atoms with Gasteiger partial charge in [-0.05, 0) is 24.3 Å². The van der Waals surface area contributed by atoms with E-state index in [9.17, 15) is 0 Å². The Kier molecular flexibility index (Phi) is 3.58. The lowest BCUT2D eigenvalue weighted by atomic mass is 10.2. The van der Waals surface area contributed by atoms with Crippen molar-refractivity contribution >= 4 is 22.7 Å². The first-order valence-corrected chi connectivity index (χ1v) is 8.77. The van der Waals surface area contributed by atoms with E-state index in [0.717, 1.165) is 42.5 Å². The molecule has 21 heavy (non-hydrogen) atoms. The van der Waals surface area contributed by atoms with Crippen molar-refractivity contribution in [3.8, 4) is 10.7 Å². The summed E-state index contributed by atoms with van der Waals surface area (Å²) >= 11 is 3.41. The normalized spacial score (nSPS) is 18.4. The summed E-state index contributed by atoms with van der Waals surface area (Å²) in [5, 5.41) is 5.32. The molecule has 0 aromatic carbocycles. The zero-order valence-corrected chi connectivity index (χ0v) is 13.1. The van der Waals surface area contributed by atoms with E-state index in [1.807, 2.05) is 12.4 Å². The summed E-state index contributed by atoms with van der Waals surface area (Å²) in [6, 6.07) is 4.15. The number of imidazole rings is 1. The van der Waals surface area contributed by atoms with Gasteiger partial charge in [-0.25, -0.2) is 9.97 Å². The molecular formula is C15H15N3OS2. The van der Waals surface area contributed by atoms with Crippen LogP contribution < -0.4 is 0 Å². The number of nitrogens with zero attached hydrogens (tertiary/aromatic N) is 3. The van der Waals surface area contributed by atoms with Crippen LogP contribution in [0.1, 0.15) is 29.6 Å². The summed E-state index contributed by atoms with van der Waals surface area (Å²) in [6.45, 7) is 1.63. The van der Waals surface area contributed by atoms with Crippen LogP contribution >= 0.6 is 22.7 Å². The summed E-state index contributed by atoms with van der Waals surface area (Å²) < 4.78 is 7.85.